The molecule has 1 fully saturated rings. The molecule has 19 heavy (non-hydrogen) atoms. The largest absolute Gasteiger partial charge is 0.239 e. The first-order valence-electron chi connectivity index (χ1n) is 8.00. The Hall–Kier alpha value is -1.11. The van der Waals surface area contributed by atoms with E-state index in [0.29, 0.717) is 5.41 Å². The fourth-order valence-corrected chi connectivity index (χ4v) is 3.63. The zero-order valence-corrected chi connectivity index (χ0v) is 12.0. The lowest BCUT2D eigenvalue weighted by atomic mass is 9.66. The van der Waals surface area contributed by atoms with Crippen LogP contribution in [0.1, 0.15) is 50.5 Å². The van der Waals surface area contributed by atoms with Crippen LogP contribution in [0.3, 0.4) is 0 Å². The van der Waals surface area contributed by atoms with Gasteiger partial charge in [-0.25, -0.2) is 4.58 Å². The quantitative estimate of drug-likeness (QED) is 0.552. The Labute approximate surface area is 117 Å². The predicted octanol–water partition coefficient (Wildman–Crippen LogP) is 4.06. The summed E-state index contributed by atoms with van der Waals surface area (Å²) in [6, 6.07) is 10.9. The molecule has 102 valence electrons. The van der Waals surface area contributed by atoms with E-state index in [2.05, 4.69) is 41.1 Å². The maximum Gasteiger partial charge on any atom is 0.145 e. The van der Waals surface area contributed by atoms with Gasteiger partial charge in [-0.1, -0.05) is 36.8 Å². The first kappa shape index (κ1) is 12.9. The van der Waals surface area contributed by atoms with Crippen LogP contribution in [0.4, 0.5) is 0 Å². The predicted molar refractivity (Wildman–Crippen MR) is 81.0 cm³/mol. The Morgan fingerprint density at radius 2 is 1.74 bits per heavy atom. The van der Waals surface area contributed by atoms with E-state index in [1.165, 1.54) is 70.0 Å². The lowest BCUT2D eigenvalue weighted by Crippen LogP contribution is -2.39. The maximum absolute atomic E-state index is 2.62. The molecule has 1 saturated carbocycles. The van der Waals surface area contributed by atoms with Gasteiger partial charge in [-0.05, 0) is 37.7 Å². The van der Waals surface area contributed by atoms with E-state index in [9.17, 15) is 0 Å². The molecule has 1 spiro atoms. The summed E-state index contributed by atoms with van der Waals surface area (Å²) in [5.74, 6) is 0. The van der Waals surface area contributed by atoms with Gasteiger partial charge in [0.15, 0.2) is 0 Å². The highest BCUT2D eigenvalue weighted by atomic mass is 15.0. The Bertz CT molecular complexity index is 428. The van der Waals surface area contributed by atoms with Crippen molar-refractivity contribution in [1.29, 1.82) is 0 Å². The zero-order chi connectivity index (χ0) is 13.0. The van der Waals surface area contributed by atoms with E-state index in [0.717, 1.165) is 0 Å². The molecule has 1 nitrogen and oxygen atoms in total. The third-order valence-electron chi connectivity index (χ3n) is 4.93. The molecule has 1 heterocycles. The van der Waals surface area contributed by atoms with Crippen molar-refractivity contribution in [1.82, 2.24) is 0 Å². The second-order valence-electron chi connectivity index (χ2n) is 6.43. The fraction of sp³-hybridized carbons (Fsp3) is 0.611. The Morgan fingerprint density at radius 1 is 0.947 bits per heavy atom. The van der Waals surface area contributed by atoms with Gasteiger partial charge in [0, 0.05) is 18.3 Å². The summed E-state index contributed by atoms with van der Waals surface area (Å²) in [5, 5.41) is 0. The summed E-state index contributed by atoms with van der Waals surface area (Å²) < 4.78 is 2.62. The molecule has 1 heteroatoms. The van der Waals surface area contributed by atoms with Gasteiger partial charge in [-0.15, -0.1) is 0 Å². The minimum atomic E-state index is 0.637. The van der Waals surface area contributed by atoms with Crippen molar-refractivity contribution in [2.75, 3.05) is 13.1 Å². The molecule has 1 aromatic carbocycles. The smallest absolute Gasteiger partial charge is 0.145 e. The van der Waals surface area contributed by atoms with Gasteiger partial charge in [0.2, 0.25) is 0 Å². The van der Waals surface area contributed by atoms with Gasteiger partial charge in [-0.2, -0.15) is 0 Å². The summed E-state index contributed by atoms with van der Waals surface area (Å²) in [5.41, 5.74) is 2.12. The summed E-state index contributed by atoms with van der Waals surface area (Å²) in [6.07, 6.45) is 13.7. The highest BCUT2D eigenvalue weighted by Gasteiger charge is 2.40. The summed E-state index contributed by atoms with van der Waals surface area (Å²) in [7, 11) is 0. The lowest BCUT2D eigenvalue weighted by molar-refractivity contribution is -0.534. The Morgan fingerprint density at radius 3 is 2.47 bits per heavy atom. The van der Waals surface area contributed by atoms with E-state index in [-0.39, 0.29) is 0 Å². The topological polar surface area (TPSA) is 3.01 Å². The molecule has 2 aliphatic rings. The van der Waals surface area contributed by atoms with Gasteiger partial charge >= 0.3 is 0 Å². The second kappa shape index (κ2) is 5.90. The van der Waals surface area contributed by atoms with Crippen LogP contribution in [-0.4, -0.2) is 23.9 Å². The van der Waals surface area contributed by atoms with Gasteiger partial charge in [0.05, 0.1) is 0 Å². The first-order chi connectivity index (χ1) is 9.36. The molecular formula is C18H26N+. The average molecular weight is 256 g/mol. The number of hydrogen-bond acceptors (Lipinski definition) is 0. The van der Waals surface area contributed by atoms with Gasteiger partial charge in [-0.3, -0.25) is 0 Å². The van der Waals surface area contributed by atoms with Crippen LogP contribution in [0.2, 0.25) is 0 Å². The maximum atomic E-state index is 2.62. The highest BCUT2D eigenvalue weighted by molar-refractivity contribution is 5.62. The third-order valence-corrected chi connectivity index (χ3v) is 4.93. The number of nitrogens with zero attached hydrogens (tertiary/aromatic N) is 1. The molecule has 0 atom stereocenters. The monoisotopic (exact) mass is 256 g/mol. The molecule has 0 radical (unpaired) electrons. The van der Waals surface area contributed by atoms with Crippen molar-refractivity contribution in [2.24, 2.45) is 5.41 Å². The van der Waals surface area contributed by atoms with Crippen molar-refractivity contribution >= 4 is 6.21 Å². The van der Waals surface area contributed by atoms with Crippen molar-refractivity contribution < 1.29 is 4.58 Å². The van der Waals surface area contributed by atoms with Crippen LogP contribution < -0.4 is 0 Å². The fourth-order valence-electron chi connectivity index (χ4n) is 3.63. The van der Waals surface area contributed by atoms with Crippen LogP contribution in [0.15, 0.2) is 30.3 Å². The second-order valence-corrected chi connectivity index (χ2v) is 6.43. The number of rotatable bonds is 5. The van der Waals surface area contributed by atoms with Crippen molar-refractivity contribution in [3.05, 3.63) is 35.9 Å². The van der Waals surface area contributed by atoms with Crippen LogP contribution in [0.25, 0.3) is 0 Å². The zero-order valence-electron chi connectivity index (χ0n) is 12.0. The van der Waals surface area contributed by atoms with Crippen LogP contribution in [-0.2, 0) is 6.42 Å². The first-order valence-corrected chi connectivity index (χ1v) is 8.00. The molecule has 3 rings (SSSR count). The molecule has 0 saturated heterocycles. The summed E-state index contributed by atoms with van der Waals surface area (Å²) >= 11 is 0. The van der Waals surface area contributed by atoms with E-state index >= 15 is 0 Å². The SMILES string of the molecule is C1=[N+](CCCCc2ccccc2)CCCC12CCC2. The molecule has 0 bridgehead atoms. The van der Waals surface area contributed by atoms with E-state index in [4.69, 9.17) is 0 Å². The van der Waals surface area contributed by atoms with Gasteiger partial charge < -0.3 is 0 Å². The Balaban J connectivity index is 1.42. The van der Waals surface area contributed by atoms with Crippen molar-refractivity contribution in [3.8, 4) is 0 Å². The molecule has 0 unspecified atom stereocenters. The number of hydrogen-bond donors (Lipinski definition) is 0. The molecule has 0 N–H and O–H groups in total. The van der Waals surface area contributed by atoms with E-state index in [1.807, 2.05) is 0 Å². The van der Waals surface area contributed by atoms with Crippen molar-refractivity contribution in [2.45, 2.75) is 51.4 Å². The standard InChI is InChI=1S/C18H26N/c1-2-8-17(9-3-1)10-4-5-14-19-15-7-13-18(16-19)11-6-12-18/h1-3,8-9,16H,4-7,10-15H2/q+1. The van der Waals surface area contributed by atoms with E-state index < -0.39 is 0 Å². The normalized spacial score (nSPS) is 20.9. The van der Waals surface area contributed by atoms with Crippen LogP contribution in [0.5, 0.6) is 0 Å². The number of aryl methyl sites for hydroxylation is 1. The molecule has 1 aliphatic carbocycles. The highest BCUT2D eigenvalue weighted by Crippen LogP contribution is 2.44. The minimum Gasteiger partial charge on any atom is -0.239 e. The third kappa shape index (κ3) is 3.26. The van der Waals surface area contributed by atoms with Gasteiger partial charge in [0.25, 0.3) is 0 Å². The van der Waals surface area contributed by atoms with Crippen LogP contribution >= 0.6 is 0 Å². The van der Waals surface area contributed by atoms with Gasteiger partial charge in [0.1, 0.15) is 19.3 Å². The molecule has 0 aromatic heterocycles. The molecule has 0 amide bonds. The number of benzene rings is 1. The lowest BCUT2D eigenvalue weighted by Gasteiger charge is -2.38. The van der Waals surface area contributed by atoms with Crippen LogP contribution in [0, 0.1) is 5.41 Å². The average Bonchev–Trinajstić information content (AvgIpc) is 2.43. The Kier molecular flexibility index (Phi) is 4.00. The molecule has 1 aliphatic heterocycles. The van der Waals surface area contributed by atoms with Crippen molar-refractivity contribution in [3.63, 3.8) is 0 Å². The molecular weight excluding hydrogens is 230 g/mol. The molecule has 1 aromatic rings. The minimum absolute atomic E-state index is 0.637. The summed E-state index contributed by atoms with van der Waals surface area (Å²) in [6.45, 7) is 2.57. The number of unbranched alkanes of at least 4 members (excludes halogenated alkanes) is 1. The summed E-state index contributed by atoms with van der Waals surface area (Å²) in [4.78, 5) is 0. The van der Waals surface area contributed by atoms with E-state index in [1.54, 1.807) is 0 Å².